The van der Waals surface area contributed by atoms with E-state index in [1.165, 1.54) is 25.7 Å². The molecule has 132 valence electrons. The lowest BCUT2D eigenvalue weighted by molar-refractivity contribution is -0.195. The van der Waals surface area contributed by atoms with Crippen LogP contribution in [0.2, 0.25) is 0 Å². The molecule has 0 aliphatic rings. The highest BCUT2D eigenvalue weighted by Gasteiger charge is 2.25. The summed E-state index contributed by atoms with van der Waals surface area (Å²) in [4.78, 5) is 0. The first kappa shape index (κ1) is 22.0. The van der Waals surface area contributed by atoms with Crippen LogP contribution in [0.4, 0.5) is 0 Å². The molecule has 0 unspecified atom stereocenters. The summed E-state index contributed by atoms with van der Waals surface area (Å²) in [5.41, 5.74) is 0.00688. The Morgan fingerprint density at radius 2 is 1.09 bits per heavy atom. The van der Waals surface area contributed by atoms with Crippen molar-refractivity contribution < 1.29 is 9.47 Å². The van der Waals surface area contributed by atoms with Crippen LogP contribution in [0.25, 0.3) is 0 Å². The molecule has 0 saturated carbocycles. The second-order valence-corrected chi connectivity index (χ2v) is 7.18. The van der Waals surface area contributed by atoms with Gasteiger partial charge in [0, 0.05) is 31.5 Å². The largest absolute Gasteiger partial charge is 0.352 e. The summed E-state index contributed by atoms with van der Waals surface area (Å²) < 4.78 is 11.9. The van der Waals surface area contributed by atoms with Crippen LogP contribution in [0.3, 0.4) is 0 Å². The smallest absolute Gasteiger partial charge is 0.162 e. The first-order valence-electron chi connectivity index (χ1n) is 9.12. The summed E-state index contributed by atoms with van der Waals surface area (Å²) >= 11 is 0. The topological polar surface area (TPSA) is 18.5 Å². The number of rotatable bonds is 14. The van der Waals surface area contributed by atoms with E-state index >= 15 is 0 Å². The molecule has 2 heteroatoms. The van der Waals surface area contributed by atoms with E-state index in [2.05, 4.69) is 32.6 Å². The maximum atomic E-state index is 5.97. The Hall–Kier alpha value is -0.960. The van der Waals surface area contributed by atoms with Gasteiger partial charge >= 0.3 is 0 Å². The molecule has 23 heavy (non-hydrogen) atoms. The molecule has 0 saturated heterocycles. The van der Waals surface area contributed by atoms with Crippen LogP contribution in [0, 0.1) is 30.1 Å². The molecule has 0 bridgehead atoms. The fourth-order valence-corrected chi connectivity index (χ4v) is 2.29. The van der Waals surface area contributed by atoms with Crippen LogP contribution in [0.15, 0.2) is 0 Å². The van der Waals surface area contributed by atoms with Crippen LogP contribution in [0.1, 0.15) is 85.0 Å². The summed E-state index contributed by atoms with van der Waals surface area (Å²) in [6.07, 6.45) is 21.3. The van der Waals surface area contributed by atoms with Crippen molar-refractivity contribution in [3.63, 3.8) is 0 Å². The molecule has 0 atom stereocenters. The number of terminal acetylenes is 2. The maximum Gasteiger partial charge on any atom is 0.162 e. The van der Waals surface area contributed by atoms with Crippen molar-refractivity contribution in [2.45, 2.75) is 91.3 Å². The summed E-state index contributed by atoms with van der Waals surface area (Å²) in [6, 6.07) is 0. The molecule has 0 fully saturated rings. The van der Waals surface area contributed by atoms with Gasteiger partial charge in [0.05, 0.1) is 0 Å². The van der Waals surface area contributed by atoms with E-state index in [4.69, 9.17) is 22.3 Å². The molecule has 0 aliphatic heterocycles. The van der Waals surface area contributed by atoms with E-state index in [0.29, 0.717) is 0 Å². The van der Waals surface area contributed by atoms with Gasteiger partial charge in [-0.1, -0.05) is 46.5 Å². The summed E-state index contributed by atoms with van der Waals surface area (Å²) in [6.45, 7) is 8.02. The molecule has 0 aliphatic carbocycles. The van der Waals surface area contributed by atoms with E-state index in [1.54, 1.807) is 0 Å². The van der Waals surface area contributed by atoms with Crippen molar-refractivity contribution in [2.24, 2.45) is 5.41 Å². The zero-order valence-electron chi connectivity index (χ0n) is 15.5. The predicted molar refractivity (Wildman–Crippen MR) is 99.0 cm³/mol. The van der Waals surface area contributed by atoms with E-state index in [1.807, 2.05) is 0 Å². The van der Waals surface area contributed by atoms with Crippen LogP contribution < -0.4 is 0 Å². The average molecular weight is 321 g/mol. The minimum atomic E-state index is -0.126. The second kappa shape index (κ2) is 14.6. The lowest BCUT2D eigenvalue weighted by Gasteiger charge is -2.30. The summed E-state index contributed by atoms with van der Waals surface area (Å²) in [5, 5.41) is 0. The molecular formula is C21H36O2. The first-order valence-corrected chi connectivity index (χ1v) is 9.12. The maximum absolute atomic E-state index is 5.97. The number of ether oxygens (including phenoxy) is 2. The molecule has 0 heterocycles. The molecule has 0 N–H and O–H groups in total. The molecule has 0 radical (unpaired) electrons. The van der Waals surface area contributed by atoms with Crippen molar-refractivity contribution in [3.05, 3.63) is 0 Å². The standard InChI is InChI=1S/C21H36O2/c1-6-8-10-12-14-16-18-22-20(21(3,4)5)23-19-17-15-13-11-9-7-2/h1-2,20H,8-19H2,3-5H3. The molecule has 0 aromatic carbocycles. The van der Waals surface area contributed by atoms with Crippen molar-refractivity contribution in [3.8, 4) is 24.7 Å². The molecule has 0 rings (SSSR count). The van der Waals surface area contributed by atoms with E-state index in [0.717, 1.165) is 51.7 Å². The van der Waals surface area contributed by atoms with Gasteiger partial charge in [-0.25, -0.2) is 0 Å². The third kappa shape index (κ3) is 14.4. The molecule has 0 aromatic heterocycles. The Bertz CT molecular complexity index is 312. The third-order valence-corrected chi connectivity index (χ3v) is 3.68. The Labute approximate surface area is 144 Å². The van der Waals surface area contributed by atoms with Crippen molar-refractivity contribution >= 4 is 0 Å². The van der Waals surface area contributed by atoms with E-state index in [-0.39, 0.29) is 11.7 Å². The summed E-state index contributed by atoms with van der Waals surface area (Å²) in [5.74, 6) is 5.36. The fourth-order valence-electron chi connectivity index (χ4n) is 2.29. The van der Waals surface area contributed by atoms with Gasteiger partial charge in [-0.2, -0.15) is 0 Å². The van der Waals surface area contributed by atoms with Crippen molar-refractivity contribution in [1.82, 2.24) is 0 Å². The Morgan fingerprint density at radius 3 is 1.43 bits per heavy atom. The normalized spacial score (nSPS) is 11.4. The van der Waals surface area contributed by atoms with Crippen molar-refractivity contribution in [2.75, 3.05) is 13.2 Å². The van der Waals surface area contributed by atoms with Crippen LogP contribution >= 0.6 is 0 Å². The minimum Gasteiger partial charge on any atom is -0.352 e. The lowest BCUT2D eigenvalue weighted by Crippen LogP contribution is -2.32. The molecule has 0 amide bonds. The lowest BCUT2D eigenvalue weighted by atomic mass is 9.96. The molecular weight excluding hydrogens is 284 g/mol. The second-order valence-electron chi connectivity index (χ2n) is 7.18. The highest BCUT2D eigenvalue weighted by molar-refractivity contribution is 4.83. The minimum absolute atomic E-state index is 0.00688. The van der Waals surface area contributed by atoms with Crippen LogP contribution in [-0.4, -0.2) is 19.5 Å². The SMILES string of the molecule is C#CCCCCCCOC(OCCCCCCC#C)C(C)(C)C. The highest BCUT2D eigenvalue weighted by Crippen LogP contribution is 2.24. The number of unbranched alkanes of at least 4 members (excludes halogenated alkanes) is 8. The zero-order valence-corrected chi connectivity index (χ0v) is 15.5. The van der Waals surface area contributed by atoms with Gasteiger partial charge in [-0.05, 0) is 25.7 Å². The van der Waals surface area contributed by atoms with Gasteiger partial charge in [0.25, 0.3) is 0 Å². The molecule has 0 aromatic rings. The molecule has 2 nitrogen and oxygen atoms in total. The van der Waals surface area contributed by atoms with E-state index < -0.39 is 0 Å². The third-order valence-electron chi connectivity index (χ3n) is 3.68. The highest BCUT2D eigenvalue weighted by atomic mass is 16.7. The van der Waals surface area contributed by atoms with Gasteiger partial charge in [-0.15, -0.1) is 24.7 Å². The zero-order chi connectivity index (χ0) is 17.4. The Balaban J connectivity index is 3.75. The van der Waals surface area contributed by atoms with Crippen LogP contribution in [-0.2, 0) is 9.47 Å². The monoisotopic (exact) mass is 320 g/mol. The summed E-state index contributed by atoms with van der Waals surface area (Å²) in [7, 11) is 0. The number of hydrogen-bond donors (Lipinski definition) is 0. The number of hydrogen-bond acceptors (Lipinski definition) is 2. The van der Waals surface area contributed by atoms with Gasteiger partial charge in [0.2, 0.25) is 0 Å². The Kier molecular flexibility index (Phi) is 14.0. The van der Waals surface area contributed by atoms with E-state index in [9.17, 15) is 0 Å². The Morgan fingerprint density at radius 1 is 0.696 bits per heavy atom. The van der Waals surface area contributed by atoms with Crippen LogP contribution in [0.5, 0.6) is 0 Å². The van der Waals surface area contributed by atoms with Gasteiger partial charge in [-0.3, -0.25) is 0 Å². The van der Waals surface area contributed by atoms with Gasteiger partial charge < -0.3 is 9.47 Å². The fraction of sp³-hybridized carbons (Fsp3) is 0.810. The predicted octanol–water partition coefficient (Wildman–Crippen LogP) is 5.56. The van der Waals surface area contributed by atoms with Gasteiger partial charge in [0.1, 0.15) is 0 Å². The van der Waals surface area contributed by atoms with Gasteiger partial charge in [0.15, 0.2) is 6.29 Å². The molecule has 0 spiro atoms. The quantitative estimate of drug-likeness (QED) is 0.237. The first-order chi connectivity index (χ1) is 11.0. The van der Waals surface area contributed by atoms with Crippen molar-refractivity contribution in [1.29, 1.82) is 0 Å². The average Bonchev–Trinajstić information content (AvgIpc) is 2.50.